The molecule has 0 bridgehead atoms. The average molecular weight is 708 g/mol. The van der Waals surface area contributed by atoms with Crippen LogP contribution in [0.2, 0.25) is 0 Å². The Balaban J connectivity index is 1.15. The second-order valence-electron chi connectivity index (χ2n) is 15.8. The summed E-state index contributed by atoms with van der Waals surface area (Å²) in [5, 5.41) is 0. The predicted octanol–water partition coefficient (Wildman–Crippen LogP) is 15.1. The van der Waals surface area contributed by atoms with Crippen LogP contribution < -0.4 is 4.90 Å². The Morgan fingerprint density at radius 1 is 0.291 bits per heavy atom. The lowest BCUT2D eigenvalue weighted by Gasteiger charge is -2.48. The summed E-state index contributed by atoms with van der Waals surface area (Å²) in [6.45, 7) is 9.67. The topological polar surface area (TPSA) is 3.24 Å². The molecule has 9 rings (SSSR count). The van der Waals surface area contributed by atoms with Gasteiger partial charge in [0.2, 0.25) is 0 Å². The van der Waals surface area contributed by atoms with Crippen LogP contribution in [-0.4, -0.2) is 0 Å². The van der Waals surface area contributed by atoms with E-state index in [4.69, 9.17) is 0 Å². The summed E-state index contributed by atoms with van der Waals surface area (Å²) < 4.78 is 0. The van der Waals surface area contributed by atoms with Crippen LogP contribution in [0.3, 0.4) is 0 Å². The van der Waals surface area contributed by atoms with Crippen LogP contribution in [0.4, 0.5) is 17.1 Å². The summed E-state index contributed by atoms with van der Waals surface area (Å²) in [7, 11) is 0. The number of fused-ring (bicyclic) bond motifs is 3. The molecular weight excluding hydrogens is 663 g/mol. The molecule has 0 amide bonds. The van der Waals surface area contributed by atoms with Crippen LogP contribution >= 0.6 is 0 Å². The second kappa shape index (κ2) is 13.8. The van der Waals surface area contributed by atoms with Crippen molar-refractivity contribution in [3.05, 3.63) is 211 Å². The number of nitrogens with zero attached hydrogens (tertiary/aromatic N) is 1. The van der Waals surface area contributed by atoms with Gasteiger partial charge in [-0.25, -0.2) is 0 Å². The largest absolute Gasteiger partial charge is 0.310 e. The first-order valence-corrected chi connectivity index (χ1v) is 19.3. The maximum absolute atomic E-state index is 2.46. The molecule has 266 valence electrons. The highest BCUT2D eigenvalue weighted by atomic mass is 15.1. The Bertz CT molecular complexity index is 2630. The molecule has 0 heterocycles. The Kier molecular flexibility index (Phi) is 8.59. The third-order valence-electron chi connectivity index (χ3n) is 12.2. The van der Waals surface area contributed by atoms with Crippen molar-refractivity contribution in [1.82, 2.24) is 0 Å². The molecule has 0 atom stereocenters. The molecule has 1 aliphatic rings. The summed E-state index contributed by atoms with van der Waals surface area (Å²) in [6, 6.07) is 73.0. The maximum Gasteiger partial charge on any atom is 0.0540 e. The minimum atomic E-state index is -0.109. The third kappa shape index (κ3) is 6.07. The van der Waals surface area contributed by atoms with Crippen molar-refractivity contribution in [2.24, 2.45) is 0 Å². The fourth-order valence-electron chi connectivity index (χ4n) is 8.51. The van der Waals surface area contributed by atoms with Crippen LogP contribution in [0.25, 0.3) is 55.6 Å². The van der Waals surface area contributed by atoms with E-state index in [0.29, 0.717) is 0 Å². The van der Waals surface area contributed by atoms with E-state index in [0.717, 1.165) is 17.1 Å². The smallest absolute Gasteiger partial charge is 0.0540 e. The average Bonchev–Trinajstić information content (AvgIpc) is 3.24. The van der Waals surface area contributed by atoms with Crippen LogP contribution in [0, 0.1) is 0 Å². The van der Waals surface area contributed by atoms with Gasteiger partial charge in [0.15, 0.2) is 0 Å². The Labute approximate surface area is 326 Å². The zero-order chi connectivity index (χ0) is 37.6. The molecule has 55 heavy (non-hydrogen) atoms. The number of anilines is 3. The van der Waals surface area contributed by atoms with Crippen LogP contribution in [0.15, 0.2) is 200 Å². The van der Waals surface area contributed by atoms with Crippen molar-refractivity contribution >= 4 is 17.1 Å². The highest BCUT2D eigenvalue weighted by molar-refractivity contribution is 5.90. The Hall–Kier alpha value is -6.44. The zero-order valence-electron chi connectivity index (χ0n) is 32.0. The van der Waals surface area contributed by atoms with E-state index in [2.05, 4.69) is 233 Å². The summed E-state index contributed by atoms with van der Waals surface area (Å²) in [6.07, 6.45) is 0. The van der Waals surface area contributed by atoms with Gasteiger partial charge in [0.05, 0.1) is 5.69 Å². The monoisotopic (exact) mass is 707 g/mol. The predicted molar refractivity (Wildman–Crippen MR) is 234 cm³/mol. The zero-order valence-corrected chi connectivity index (χ0v) is 32.0. The first-order chi connectivity index (χ1) is 26.8. The van der Waals surface area contributed by atoms with Gasteiger partial charge in [-0.2, -0.15) is 0 Å². The van der Waals surface area contributed by atoms with E-state index in [1.807, 2.05) is 0 Å². The molecule has 0 aromatic heterocycles. The van der Waals surface area contributed by atoms with Gasteiger partial charge in [0.1, 0.15) is 0 Å². The molecule has 0 radical (unpaired) electrons. The van der Waals surface area contributed by atoms with Gasteiger partial charge < -0.3 is 4.90 Å². The van der Waals surface area contributed by atoms with E-state index < -0.39 is 0 Å². The molecule has 8 aromatic rings. The number of para-hydroxylation sites is 2. The summed E-state index contributed by atoms with van der Waals surface area (Å²) in [5.41, 5.74) is 18.4. The molecule has 8 aromatic carbocycles. The normalized spacial score (nSPS) is 13.7. The van der Waals surface area contributed by atoms with Gasteiger partial charge in [0, 0.05) is 16.9 Å². The molecule has 0 aliphatic heterocycles. The quantitative estimate of drug-likeness (QED) is 0.159. The summed E-state index contributed by atoms with van der Waals surface area (Å²) >= 11 is 0. The van der Waals surface area contributed by atoms with Gasteiger partial charge in [-0.15, -0.1) is 0 Å². The van der Waals surface area contributed by atoms with Crippen LogP contribution in [0.1, 0.15) is 38.8 Å². The van der Waals surface area contributed by atoms with E-state index in [1.165, 1.54) is 66.8 Å². The van der Waals surface area contributed by atoms with E-state index in [1.54, 1.807) is 0 Å². The van der Waals surface area contributed by atoms with Gasteiger partial charge >= 0.3 is 0 Å². The highest BCUT2D eigenvalue weighted by Crippen LogP contribution is 2.55. The lowest BCUT2D eigenvalue weighted by Crippen LogP contribution is -2.43. The van der Waals surface area contributed by atoms with Crippen molar-refractivity contribution in [2.45, 2.75) is 38.5 Å². The number of rotatable bonds is 7. The fraction of sp³-hybridized carbons (Fsp3) is 0.111. The maximum atomic E-state index is 2.46. The van der Waals surface area contributed by atoms with Gasteiger partial charge in [-0.1, -0.05) is 179 Å². The van der Waals surface area contributed by atoms with Crippen molar-refractivity contribution in [1.29, 1.82) is 0 Å². The minimum absolute atomic E-state index is 0.0918. The van der Waals surface area contributed by atoms with Crippen molar-refractivity contribution < 1.29 is 0 Å². The molecular formula is C54H45N. The molecule has 0 saturated carbocycles. The summed E-state index contributed by atoms with van der Waals surface area (Å²) in [4.78, 5) is 2.39. The summed E-state index contributed by atoms with van der Waals surface area (Å²) in [5.74, 6) is 0. The lowest BCUT2D eigenvalue weighted by molar-refractivity contribution is 0.299. The fourth-order valence-corrected chi connectivity index (χ4v) is 8.51. The molecule has 0 unspecified atom stereocenters. The van der Waals surface area contributed by atoms with Gasteiger partial charge in [-0.3, -0.25) is 0 Å². The number of benzene rings is 8. The van der Waals surface area contributed by atoms with E-state index in [9.17, 15) is 0 Å². The molecule has 0 fully saturated rings. The minimum Gasteiger partial charge on any atom is -0.310 e. The second-order valence-corrected chi connectivity index (χ2v) is 15.8. The number of hydrogen-bond acceptors (Lipinski definition) is 1. The Morgan fingerprint density at radius 2 is 0.782 bits per heavy atom. The number of hydrogen-bond donors (Lipinski definition) is 0. The Morgan fingerprint density at radius 3 is 1.51 bits per heavy atom. The van der Waals surface area contributed by atoms with E-state index >= 15 is 0 Å². The van der Waals surface area contributed by atoms with Crippen molar-refractivity contribution in [3.8, 4) is 55.6 Å². The molecule has 1 nitrogen and oxygen atoms in total. The lowest BCUT2D eigenvalue weighted by atomic mass is 9.55. The molecule has 1 heteroatoms. The van der Waals surface area contributed by atoms with E-state index in [-0.39, 0.29) is 10.8 Å². The first kappa shape index (κ1) is 34.3. The standard InChI is InChI=1S/C54H45N/c1-53(2)50-33-31-43(41-23-16-22-40(34-41)38-18-8-5-9-19-38)36-49(50)48-32-30-44(37-51(48)54(53,3)4)42-24-17-27-46(35-42)55(45-25-12-7-13-26-45)52-29-15-14-28-47(52)39-20-10-6-11-21-39/h5-37H,1-4H3. The van der Waals surface area contributed by atoms with Crippen molar-refractivity contribution in [2.75, 3.05) is 4.90 Å². The van der Waals surface area contributed by atoms with Gasteiger partial charge in [0.25, 0.3) is 0 Å². The van der Waals surface area contributed by atoms with Gasteiger partial charge in [-0.05, 0) is 121 Å². The molecule has 0 saturated heterocycles. The molecule has 1 aliphatic carbocycles. The third-order valence-corrected chi connectivity index (χ3v) is 12.2. The highest BCUT2D eigenvalue weighted by Gasteiger charge is 2.46. The molecule has 0 N–H and O–H groups in total. The van der Waals surface area contributed by atoms with Crippen LogP contribution in [0.5, 0.6) is 0 Å². The van der Waals surface area contributed by atoms with Crippen LogP contribution in [-0.2, 0) is 10.8 Å². The SMILES string of the molecule is CC1(C)c2ccc(-c3cccc(-c4ccccc4)c3)cc2-c2ccc(-c3cccc(N(c4ccccc4)c4ccccc4-c4ccccc4)c3)cc2C1(C)C. The first-order valence-electron chi connectivity index (χ1n) is 19.3. The molecule has 0 spiro atoms. The van der Waals surface area contributed by atoms with Crippen molar-refractivity contribution in [3.63, 3.8) is 0 Å².